The summed E-state index contributed by atoms with van der Waals surface area (Å²) in [4.78, 5) is 40.1. The molecule has 0 saturated carbocycles. The van der Waals surface area contributed by atoms with Crippen molar-refractivity contribution < 1.29 is 27.5 Å². The lowest BCUT2D eigenvalue weighted by molar-refractivity contribution is -0.137. The summed E-state index contributed by atoms with van der Waals surface area (Å²) in [5, 5.41) is 5.86. The Morgan fingerprint density at radius 3 is 2.65 bits per heavy atom. The number of hydrogen-bond donors (Lipinski definition) is 2. The molecule has 0 radical (unpaired) electrons. The molecule has 0 spiro atoms. The average Bonchev–Trinajstić information content (AvgIpc) is 3.51. The van der Waals surface area contributed by atoms with Gasteiger partial charge in [0.2, 0.25) is 17.7 Å². The van der Waals surface area contributed by atoms with Crippen LogP contribution in [-0.4, -0.2) is 50.3 Å². The third-order valence-electron chi connectivity index (χ3n) is 7.26. The van der Waals surface area contributed by atoms with Crippen LogP contribution in [0.15, 0.2) is 48.8 Å². The van der Waals surface area contributed by atoms with E-state index in [0.717, 1.165) is 29.8 Å². The van der Waals surface area contributed by atoms with E-state index in [1.807, 2.05) is 13.0 Å². The van der Waals surface area contributed by atoms with Gasteiger partial charge in [-0.3, -0.25) is 14.5 Å². The number of carbonyl (C=O) groups excluding carboxylic acids is 2. The number of amides is 2. The molecule has 2 aromatic heterocycles. The number of alkyl halides is 3. The van der Waals surface area contributed by atoms with E-state index in [1.165, 1.54) is 36.7 Å². The van der Waals surface area contributed by atoms with E-state index in [1.54, 1.807) is 12.1 Å². The number of likely N-dealkylation sites (tertiary alicyclic amines) is 1. The van der Waals surface area contributed by atoms with Crippen LogP contribution in [0.2, 0.25) is 0 Å². The van der Waals surface area contributed by atoms with E-state index >= 15 is 0 Å². The van der Waals surface area contributed by atoms with E-state index in [-0.39, 0.29) is 34.6 Å². The summed E-state index contributed by atoms with van der Waals surface area (Å²) in [6.07, 6.45) is -1.96. The van der Waals surface area contributed by atoms with Gasteiger partial charge in [-0.15, -0.1) is 0 Å². The van der Waals surface area contributed by atoms with Gasteiger partial charge in [-0.2, -0.15) is 13.2 Å². The molecule has 2 aromatic carbocycles. The second-order valence-corrected chi connectivity index (χ2v) is 12.1. The molecule has 3 heterocycles. The molecule has 1 saturated heterocycles. The molecule has 0 aliphatic carbocycles. The maximum absolute atomic E-state index is 13.7. The predicted octanol–water partition coefficient (Wildman–Crippen LogP) is 6.97. The van der Waals surface area contributed by atoms with Gasteiger partial charge in [0, 0.05) is 25.1 Å². The number of nitrogens with zero attached hydrogens (tertiary/aromatic N) is 4. The topological polar surface area (TPSA) is 109 Å². The highest BCUT2D eigenvalue weighted by Gasteiger charge is 2.43. The highest BCUT2D eigenvalue weighted by atomic mass is 32.1. The lowest BCUT2D eigenvalue weighted by Crippen LogP contribution is -2.51. The zero-order chi connectivity index (χ0) is 30.9. The van der Waals surface area contributed by atoms with Crippen LogP contribution in [-0.2, 0) is 15.8 Å². The van der Waals surface area contributed by atoms with Crippen molar-refractivity contribution in [3.8, 4) is 22.9 Å². The summed E-state index contributed by atoms with van der Waals surface area (Å²) >= 11 is 1.28. The molecule has 226 valence electrons. The Morgan fingerprint density at radius 1 is 1.14 bits per heavy atom. The highest BCUT2D eigenvalue weighted by molar-refractivity contribution is 7.22. The monoisotopic (exact) mass is 612 g/mol. The van der Waals surface area contributed by atoms with Gasteiger partial charge in [0.05, 0.1) is 27.2 Å². The number of ether oxygens (including phenoxy) is 1. The fraction of sp³-hybridized carbons (Fsp3) is 0.367. The third-order valence-corrected chi connectivity index (χ3v) is 8.19. The van der Waals surface area contributed by atoms with Gasteiger partial charge in [0.15, 0.2) is 10.9 Å². The quantitative estimate of drug-likeness (QED) is 0.221. The molecule has 0 unspecified atom stereocenters. The minimum Gasteiger partial charge on any atom is -0.437 e. The number of anilines is 2. The Labute approximate surface area is 250 Å². The van der Waals surface area contributed by atoms with Crippen LogP contribution in [0.1, 0.15) is 46.1 Å². The van der Waals surface area contributed by atoms with Crippen LogP contribution in [0, 0.1) is 5.92 Å². The smallest absolute Gasteiger partial charge is 0.416 e. The van der Waals surface area contributed by atoms with E-state index < -0.39 is 17.3 Å². The van der Waals surface area contributed by atoms with Crippen molar-refractivity contribution in [3.05, 3.63) is 54.4 Å². The molecule has 13 heteroatoms. The fourth-order valence-electron chi connectivity index (χ4n) is 5.18. The zero-order valence-electron chi connectivity index (χ0n) is 24.1. The van der Waals surface area contributed by atoms with Gasteiger partial charge in [0.1, 0.15) is 11.8 Å². The standard InChI is InChI=1S/C30H31F3N6O3S/c1-17(2)15-39-12-6-11-29(39,4)27(41)37-22-13-19(30(31,32)33)9-10-20(22)21-14-25(35-16-34-21)42-23-7-5-8-24-26(23)38-28(43-24)36-18(3)40/h5,7-10,13-14,16-17H,6,11-12,15H2,1-4H3,(H,37,41)(H,36,38,40)/t29-/m0/s1. The largest absolute Gasteiger partial charge is 0.437 e. The molecule has 2 N–H and O–H groups in total. The summed E-state index contributed by atoms with van der Waals surface area (Å²) in [6, 6.07) is 9.95. The van der Waals surface area contributed by atoms with Crippen molar-refractivity contribution in [1.29, 1.82) is 0 Å². The fourth-order valence-corrected chi connectivity index (χ4v) is 6.11. The van der Waals surface area contributed by atoms with Crippen molar-refractivity contribution in [2.75, 3.05) is 23.7 Å². The third kappa shape index (κ3) is 6.62. The Morgan fingerprint density at radius 2 is 1.93 bits per heavy atom. The zero-order valence-corrected chi connectivity index (χ0v) is 24.9. The summed E-state index contributed by atoms with van der Waals surface area (Å²) in [5.74, 6) is 0.184. The first kappa shape index (κ1) is 30.4. The highest BCUT2D eigenvalue weighted by Crippen LogP contribution is 2.39. The van der Waals surface area contributed by atoms with Gasteiger partial charge in [0.25, 0.3) is 0 Å². The number of fused-ring (bicyclic) bond motifs is 1. The van der Waals surface area contributed by atoms with Gasteiger partial charge in [-0.1, -0.05) is 37.3 Å². The van der Waals surface area contributed by atoms with Crippen LogP contribution in [0.4, 0.5) is 24.0 Å². The summed E-state index contributed by atoms with van der Waals surface area (Å²) < 4.78 is 48.0. The predicted molar refractivity (Wildman–Crippen MR) is 159 cm³/mol. The number of rotatable bonds is 8. The van der Waals surface area contributed by atoms with Crippen molar-refractivity contribution in [1.82, 2.24) is 19.9 Å². The number of para-hydroxylation sites is 1. The van der Waals surface area contributed by atoms with E-state index in [9.17, 15) is 22.8 Å². The maximum atomic E-state index is 13.7. The molecule has 9 nitrogen and oxygen atoms in total. The normalized spacial score (nSPS) is 17.4. The van der Waals surface area contributed by atoms with Crippen LogP contribution in [0.3, 0.4) is 0 Å². The molecular formula is C30H31F3N6O3S. The lowest BCUT2D eigenvalue weighted by Gasteiger charge is -2.35. The number of benzene rings is 2. The molecule has 2 amide bonds. The average molecular weight is 613 g/mol. The molecule has 43 heavy (non-hydrogen) atoms. The molecule has 4 aromatic rings. The molecule has 1 atom stereocenters. The first-order valence-electron chi connectivity index (χ1n) is 13.8. The molecule has 1 aliphatic heterocycles. The number of nitrogens with one attached hydrogen (secondary N) is 2. The number of carbonyl (C=O) groups is 2. The van der Waals surface area contributed by atoms with Crippen molar-refractivity contribution in [2.45, 2.75) is 52.3 Å². The first-order valence-corrected chi connectivity index (χ1v) is 14.6. The summed E-state index contributed by atoms with van der Waals surface area (Å²) in [5.41, 5.74) is -0.714. The molecule has 5 rings (SSSR count). The van der Waals surface area contributed by atoms with E-state index in [4.69, 9.17) is 4.74 Å². The van der Waals surface area contributed by atoms with Crippen molar-refractivity contribution in [3.63, 3.8) is 0 Å². The number of aromatic nitrogens is 3. The van der Waals surface area contributed by atoms with Gasteiger partial charge in [-0.05, 0) is 56.5 Å². The van der Waals surface area contributed by atoms with Gasteiger partial charge in [-0.25, -0.2) is 15.0 Å². The van der Waals surface area contributed by atoms with Gasteiger partial charge < -0.3 is 15.4 Å². The van der Waals surface area contributed by atoms with Crippen molar-refractivity contribution in [2.24, 2.45) is 5.92 Å². The lowest BCUT2D eigenvalue weighted by atomic mass is 9.96. The second kappa shape index (κ2) is 11.9. The first-order chi connectivity index (χ1) is 20.3. The number of halogens is 3. The maximum Gasteiger partial charge on any atom is 0.416 e. The van der Waals surface area contributed by atoms with Gasteiger partial charge >= 0.3 is 6.18 Å². The Hall–Kier alpha value is -4.10. The summed E-state index contributed by atoms with van der Waals surface area (Å²) in [7, 11) is 0. The molecule has 1 aliphatic rings. The number of hydrogen-bond acceptors (Lipinski definition) is 8. The van der Waals surface area contributed by atoms with Crippen LogP contribution in [0.25, 0.3) is 21.5 Å². The van der Waals surface area contributed by atoms with E-state index in [0.29, 0.717) is 35.3 Å². The SMILES string of the molecule is CC(=O)Nc1nc2c(Oc3cc(-c4ccc(C(F)(F)F)cc4NC(=O)[C@]4(C)CCCN4CC(C)C)ncn3)cccc2s1. The van der Waals surface area contributed by atoms with Crippen LogP contribution >= 0.6 is 11.3 Å². The Kier molecular flexibility index (Phi) is 8.39. The second-order valence-electron chi connectivity index (χ2n) is 11.1. The minimum atomic E-state index is -4.61. The molecular weight excluding hydrogens is 581 g/mol. The summed E-state index contributed by atoms with van der Waals surface area (Å²) in [6.45, 7) is 8.78. The Bertz CT molecular complexity index is 1670. The molecule has 0 bridgehead atoms. The van der Waals surface area contributed by atoms with Crippen LogP contribution in [0.5, 0.6) is 11.6 Å². The number of thiazole rings is 1. The Balaban J connectivity index is 1.48. The van der Waals surface area contributed by atoms with E-state index in [2.05, 4.69) is 44.3 Å². The minimum absolute atomic E-state index is 0.0105. The van der Waals surface area contributed by atoms with Crippen molar-refractivity contribution >= 4 is 44.2 Å². The molecule has 1 fully saturated rings. The van der Waals surface area contributed by atoms with Crippen LogP contribution < -0.4 is 15.4 Å².